The Morgan fingerprint density at radius 2 is 2.06 bits per heavy atom. The first-order valence-electron chi connectivity index (χ1n) is 5.99. The topological polar surface area (TPSA) is 50.4 Å². The van der Waals surface area contributed by atoms with Gasteiger partial charge in [-0.3, -0.25) is 4.99 Å². The van der Waals surface area contributed by atoms with Crippen molar-refractivity contribution in [1.29, 1.82) is 0 Å². The van der Waals surface area contributed by atoms with Crippen molar-refractivity contribution in [2.45, 2.75) is 51.2 Å². The van der Waals surface area contributed by atoms with Gasteiger partial charge in [0.05, 0.1) is 17.4 Å². The van der Waals surface area contributed by atoms with Gasteiger partial charge in [-0.1, -0.05) is 19.3 Å². The molecule has 0 amide bonds. The van der Waals surface area contributed by atoms with Crippen LogP contribution in [-0.4, -0.2) is 25.5 Å². The molecule has 3 N–H and O–H groups in total. The lowest BCUT2D eigenvalue weighted by molar-refractivity contribution is 0.405. The molecule has 1 saturated carbocycles. The molecule has 0 aromatic rings. The van der Waals surface area contributed by atoms with Gasteiger partial charge in [-0.05, 0) is 19.8 Å². The number of rotatable bonds is 4. The summed E-state index contributed by atoms with van der Waals surface area (Å²) in [5.74, 6) is 0. The highest BCUT2D eigenvalue weighted by Gasteiger charge is 2.12. The molecule has 0 aromatic carbocycles. The number of hydrogen-bond acceptors (Lipinski definition) is 3. The summed E-state index contributed by atoms with van der Waals surface area (Å²) in [6.07, 6.45) is 6.62. The fourth-order valence-electron chi connectivity index (χ4n) is 1.91. The van der Waals surface area contributed by atoms with Crippen molar-refractivity contribution in [2.24, 2.45) is 10.7 Å². The summed E-state index contributed by atoms with van der Waals surface area (Å²) in [7, 11) is 1.73. The summed E-state index contributed by atoms with van der Waals surface area (Å²) < 4.78 is 13.0. The molecule has 16 heavy (non-hydrogen) atoms. The predicted molar refractivity (Wildman–Crippen MR) is 66.2 cm³/mol. The maximum atomic E-state index is 13.0. The third-order valence-corrected chi connectivity index (χ3v) is 3.00. The van der Waals surface area contributed by atoms with Crippen LogP contribution in [0.2, 0.25) is 0 Å². The Kier molecular flexibility index (Phi) is 5.29. The first-order chi connectivity index (χ1) is 7.65. The number of alkyl halides is 1. The molecule has 0 radical (unpaired) electrons. The van der Waals surface area contributed by atoms with Crippen LogP contribution < -0.4 is 11.1 Å². The standard InChI is InChI=1S/C12H22FN3/c1-9(13)12(14)11(15-2)8-16-10-6-4-3-5-7-10/h8-10,15H,3-7,14H2,1-2H3/b12-11+,16-8?. The maximum absolute atomic E-state index is 13.0. The summed E-state index contributed by atoms with van der Waals surface area (Å²) >= 11 is 0. The van der Waals surface area contributed by atoms with Crippen molar-refractivity contribution in [1.82, 2.24) is 5.32 Å². The molecule has 0 bridgehead atoms. The van der Waals surface area contributed by atoms with Crippen LogP contribution in [0, 0.1) is 0 Å². The molecular weight excluding hydrogens is 205 g/mol. The van der Waals surface area contributed by atoms with Crippen LogP contribution in [0.25, 0.3) is 0 Å². The fourth-order valence-corrected chi connectivity index (χ4v) is 1.91. The molecule has 1 atom stereocenters. The van der Waals surface area contributed by atoms with E-state index in [0.29, 0.717) is 11.7 Å². The van der Waals surface area contributed by atoms with Gasteiger partial charge in [0.1, 0.15) is 6.17 Å². The summed E-state index contributed by atoms with van der Waals surface area (Å²) in [6, 6.07) is 0.389. The van der Waals surface area contributed by atoms with Crippen molar-refractivity contribution in [2.75, 3.05) is 7.05 Å². The molecule has 92 valence electrons. The van der Waals surface area contributed by atoms with Crippen molar-refractivity contribution in [3.05, 3.63) is 11.4 Å². The summed E-state index contributed by atoms with van der Waals surface area (Å²) in [4.78, 5) is 4.47. The van der Waals surface area contributed by atoms with Crippen LogP contribution in [0.3, 0.4) is 0 Å². The highest BCUT2D eigenvalue weighted by Crippen LogP contribution is 2.20. The maximum Gasteiger partial charge on any atom is 0.139 e. The summed E-state index contributed by atoms with van der Waals surface area (Å²) in [5, 5.41) is 2.89. The minimum atomic E-state index is -1.14. The normalized spacial score (nSPS) is 21.9. The van der Waals surface area contributed by atoms with Gasteiger partial charge in [-0.25, -0.2) is 4.39 Å². The minimum Gasteiger partial charge on any atom is -0.398 e. The van der Waals surface area contributed by atoms with Crippen molar-refractivity contribution < 1.29 is 4.39 Å². The van der Waals surface area contributed by atoms with E-state index < -0.39 is 6.17 Å². The zero-order valence-electron chi connectivity index (χ0n) is 10.2. The molecule has 1 fully saturated rings. The predicted octanol–water partition coefficient (Wildman–Crippen LogP) is 2.14. The van der Waals surface area contributed by atoms with Gasteiger partial charge < -0.3 is 11.1 Å². The zero-order chi connectivity index (χ0) is 12.0. The first kappa shape index (κ1) is 13.0. The number of hydrogen-bond donors (Lipinski definition) is 2. The van der Waals surface area contributed by atoms with Gasteiger partial charge in [0, 0.05) is 13.3 Å². The third-order valence-electron chi connectivity index (χ3n) is 3.00. The highest BCUT2D eigenvalue weighted by atomic mass is 19.1. The largest absolute Gasteiger partial charge is 0.398 e. The first-order valence-corrected chi connectivity index (χ1v) is 5.99. The number of aliphatic imine (C=N–C) groups is 1. The zero-order valence-corrected chi connectivity index (χ0v) is 10.2. The summed E-state index contributed by atoms with van der Waals surface area (Å²) in [6.45, 7) is 1.43. The van der Waals surface area contributed by atoms with E-state index in [1.54, 1.807) is 13.3 Å². The molecule has 1 aliphatic carbocycles. The Bertz CT molecular complexity index is 265. The monoisotopic (exact) mass is 227 g/mol. The Morgan fingerprint density at radius 1 is 1.44 bits per heavy atom. The van der Waals surface area contributed by atoms with Crippen LogP contribution in [-0.2, 0) is 0 Å². The van der Waals surface area contributed by atoms with Gasteiger partial charge in [0.2, 0.25) is 0 Å². The van der Waals surface area contributed by atoms with Crippen LogP contribution in [0.5, 0.6) is 0 Å². The Labute approximate surface area is 97.0 Å². The third kappa shape index (κ3) is 3.83. The van der Waals surface area contributed by atoms with Crippen LogP contribution in [0.1, 0.15) is 39.0 Å². The van der Waals surface area contributed by atoms with Crippen molar-refractivity contribution in [3.63, 3.8) is 0 Å². The fraction of sp³-hybridized carbons (Fsp3) is 0.750. The van der Waals surface area contributed by atoms with E-state index in [4.69, 9.17) is 5.73 Å². The minimum absolute atomic E-state index is 0.224. The van der Waals surface area contributed by atoms with E-state index in [1.165, 1.54) is 26.2 Å². The van der Waals surface area contributed by atoms with Gasteiger partial charge >= 0.3 is 0 Å². The molecule has 3 nitrogen and oxygen atoms in total. The van der Waals surface area contributed by atoms with E-state index in [1.807, 2.05) is 0 Å². The van der Waals surface area contributed by atoms with E-state index in [0.717, 1.165) is 12.8 Å². The van der Waals surface area contributed by atoms with Crippen molar-refractivity contribution in [3.8, 4) is 0 Å². The smallest absolute Gasteiger partial charge is 0.139 e. The van der Waals surface area contributed by atoms with E-state index >= 15 is 0 Å². The second-order valence-corrected chi connectivity index (χ2v) is 4.31. The molecule has 0 saturated heterocycles. The number of nitrogens with two attached hydrogens (primary N) is 1. The SMILES string of the molecule is CN/C(C=NC1CCCCC1)=C(/N)C(C)F. The molecule has 1 rings (SSSR count). The number of nitrogens with zero attached hydrogens (tertiary/aromatic N) is 1. The van der Waals surface area contributed by atoms with Crippen molar-refractivity contribution >= 4 is 6.21 Å². The molecular formula is C12H22FN3. The highest BCUT2D eigenvalue weighted by molar-refractivity contribution is 5.79. The van der Waals surface area contributed by atoms with E-state index in [2.05, 4.69) is 10.3 Å². The Balaban J connectivity index is 2.61. The van der Waals surface area contributed by atoms with Gasteiger partial charge in [0.15, 0.2) is 0 Å². The molecule has 0 heterocycles. The number of halogens is 1. The van der Waals surface area contributed by atoms with E-state index in [-0.39, 0.29) is 5.70 Å². The molecule has 4 heteroatoms. The Morgan fingerprint density at radius 3 is 2.56 bits per heavy atom. The van der Waals surface area contributed by atoms with Gasteiger partial charge in [0.25, 0.3) is 0 Å². The number of allylic oxidation sites excluding steroid dienone is 2. The average molecular weight is 227 g/mol. The number of nitrogens with one attached hydrogen (secondary N) is 1. The molecule has 1 unspecified atom stereocenters. The van der Waals surface area contributed by atoms with Crippen LogP contribution in [0.4, 0.5) is 4.39 Å². The lowest BCUT2D eigenvalue weighted by atomic mass is 9.96. The average Bonchev–Trinajstić information content (AvgIpc) is 2.30. The lowest BCUT2D eigenvalue weighted by Crippen LogP contribution is -2.21. The second-order valence-electron chi connectivity index (χ2n) is 4.31. The Hall–Kier alpha value is -1.06. The van der Waals surface area contributed by atoms with Gasteiger partial charge in [-0.15, -0.1) is 0 Å². The molecule has 0 aromatic heterocycles. The molecule has 1 aliphatic rings. The lowest BCUT2D eigenvalue weighted by Gasteiger charge is -2.17. The van der Waals surface area contributed by atoms with Crippen LogP contribution >= 0.6 is 0 Å². The summed E-state index contributed by atoms with van der Waals surface area (Å²) in [5.41, 5.74) is 6.46. The van der Waals surface area contributed by atoms with E-state index in [9.17, 15) is 4.39 Å². The molecule has 0 spiro atoms. The second kappa shape index (κ2) is 6.51. The molecule has 0 aliphatic heterocycles. The quantitative estimate of drug-likeness (QED) is 0.723. The van der Waals surface area contributed by atoms with Gasteiger partial charge in [-0.2, -0.15) is 0 Å². The van der Waals surface area contributed by atoms with Crippen LogP contribution in [0.15, 0.2) is 16.4 Å².